The molecule has 2 aromatic heterocycles. The zero-order valence-electron chi connectivity index (χ0n) is 23.9. The number of aromatic amines is 1. The van der Waals surface area contributed by atoms with Crippen LogP contribution in [0.1, 0.15) is 21.6 Å². The number of nitrogens with zero attached hydrogens (tertiary/aromatic N) is 2. The van der Waals surface area contributed by atoms with Crippen molar-refractivity contribution < 1.29 is 18.3 Å². The van der Waals surface area contributed by atoms with Crippen LogP contribution < -0.4 is 15.8 Å². The van der Waals surface area contributed by atoms with Crippen molar-refractivity contribution >= 4 is 22.5 Å². The second-order valence-corrected chi connectivity index (χ2v) is 10.5. The predicted octanol–water partition coefficient (Wildman–Crippen LogP) is 7.08. The van der Waals surface area contributed by atoms with Gasteiger partial charge in [-0.3, -0.25) is 14.9 Å². The highest BCUT2D eigenvalue weighted by Crippen LogP contribution is 2.36. The third-order valence-corrected chi connectivity index (χ3v) is 7.31. The van der Waals surface area contributed by atoms with Crippen LogP contribution in [0.3, 0.4) is 0 Å². The highest BCUT2D eigenvalue weighted by molar-refractivity contribution is 6.05. The van der Waals surface area contributed by atoms with Crippen LogP contribution in [0.2, 0.25) is 0 Å². The van der Waals surface area contributed by atoms with Gasteiger partial charge in [0.15, 0.2) is 0 Å². The van der Waals surface area contributed by atoms with E-state index in [9.17, 15) is 13.6 Å². The molecule has 7 nitrogen and oxygen atoms in total. The van der Waals surface area contributed by atoms with Crippen molar-refractivity contribution in [1.82, 2.24) is 15.2 Å². The van der Waals surface area contributed by atoms with E-state index >= 15 is 0 Å². The normalized spacial score (nSPS) is 11.8. The van der Waals surface area contributed by atoms with Gasteiger partial charge in [-0.25, -0.2) is 8.78 Å². The van der Waals surface area contributed by atoms with Gasteiger partial charge in [-0.1, -0.05) is 54.6 Å². The first-order valence-electron chi connectivity index (χ1n) is 14.1. The summed E-state index contributed by atoms with van der Waals surface area (Å²) in [6.45, 7) is 2.25. The molecule has 220 valence electrons. The molecule has 0 aliphatic carbocycles. The van der Waals surface area contributed by atoms with E-state index < -0.39 is 23.1 Å². The van der Waals surface area contributed by atoms with Gasteiger partial charge < -0.3 is 15.8 Å². The van der Waals surface area contributed by atoms with Gasteiger partial charge in [0.05, 0.1) is 17.4 Å². The Morgan fingerprint density at radius 2 is 1.70 bits per heavy atom. The number of amides is 1. The van der Waals surface area contributed by atoms with Gasteiger partial charge in [0.25, 0.3) is 5.91 Å². The van der Waals surface area contributed by atoms with Gasteiger partial charge >= 0.3 is 0 Å². The summed E-state index contributed by atoms with van der Waals surface area (Å²) in [5.41, 5.74) is 12.0. The maximum Gasteiger partial charge on any atom is 0.261 e. The van der Waals surface area contributed by atoms with Gasteiger partial charge in [-0.2, -0.15) is 5.10 Å². The number of aryl methyl sites for hydroxylation is 1. The third-order valence-electron chi connectivity index (χ3n) is 7.31. The molecule has 0 unspecified atom stereocenters. The van der Waals surface area contributed by atoms with Crippen molar-refractivity contribution in [1.29, 1.82) is 0 Å². The van der Waals surface area contributed by atoms with E-state index in [1.165, 1.54) is 6.07 Å². The molecule has 1 amide bonds. The molecule has 0 aliphatic rings. The number of fused-ring (bicyclic) bond motifs is 1. The van der Waals surface area contributed by atoms with Crippen LogP contribution >= 0.6 is 0 Å². The fraction of sp³-hybridized carbons (Fsp3) is 0.114. The van der Waals surface area contributed by atoms with Gasteiger partial charge in [0.2, 0.25) is 0 Å². The molecule has 0 bridgehead atoms. The van der Waals surface area contributed by atoms with E-state index in [1.807, 2.05) is 67.6 Å². The Balaban J connectivity index is 1.32. The lowest BCUT2D eigenvalue weighted by molar-refractivity contribution is 0.101. The van der Waals surface area contributed by atoms with Crippen LogP contribution in [0.15, 0.2) is 103 Å². The summed E-state index contributed by atoms with van der Waals surface area (Å²) in [4.78, 5) is 17.5. The van der Waals surface area contributed by atoms with Crippen molar-refractivity contribution in [2.24, 2.45) is 5.73 Å². The summed E-state index contributed by atoms with van der Waals surface area (Å²) in [7, 11) is 0. The molecule has 0 aliphatic heterocycles. The molecule has 9 heteroatoms. The number of hydrogen-bond donors (Lipinski definition) is 3. The number of pyridine rings is 1. The summed E-state index contributed by atoms with van der Waals surface area (Å²) in [6.07, 6.45) is 2.31. The number of carbonyl (C=O) groups excluding carboxylic acids is 1. The number of benzene rings is 4. The molecule has 4 N–H and O–H groups in total. The monoisotopic (exact) mass is 589 g/mol. The number of nitrogens with two attached hydrogens (primary N) is 1. The predicted molar refractivity (Wildman–Crippen MR) is 167 cm³/mol. The van der Waals surface area contributed by atoms with Crippen molar-refractivity contribution in [2.75, 3.05) is 11.9 Å². The minimum absolute atomic E-state index is 0.218. The van der Waals surface area contributed by atoms with E-state index in [0.29, 0.717) is 35.7 Å². The van der Waals surface area contributed by atoms with Crippen LogP contribution in [0.4, 0.5) is 14.5 Å². The van der Waals surface area contributed by atoms with Gasteiger partial charge in [0.1, 0.15) is 29.6 Å². The molecular weight excluding hydrogens is 560 g/mol. The van der Waals surface area contributed by atoms with Gasteiger partial charge in [0, 0.05) is 33.9 Å². The Labute approximate surface area is 252 Å². The van der Waals surface area contributed by atoms with Gasteiger partial charge in [-0.15, -0.1) is 0 Å². The fourth-order valence-corrected chi connectivity index (χ4v) is 5.11. The van der Waals surface area contributed by atoms with E-state index in [1.54, 1.807) is 24.4 Å². The van der Waals surface area contributed by atoms with Crippen LogP contribution in [0, 0.1) is 18.6 Å². The lowest BCUT2D eigenvalue weighted by Crippen LogP contribution is -2.30. The van der Waals surface area contributed by atoms with Crippen molar-refractivity contribution in [3.05, 3.63) is 132 Å². The third kappa shape index (κ3) is 6.18. The number of carbonyl (C=O) groups is 1. The van der Waals surface area contributed by atoms with Gasteiger partial charge in [-0.05, 0) is 66.9 Å². The fourth-order valence-electron chi connectivity index (χ4n) is 5.11. The van der Waals surface area contributed by atoms with Crippen LogP contribution in [-0.2, 0) is 6.42 Å². The average molecular weight is 590 g/mol. The zero-order valence-corrected chi connectivity index (χ0v) is 23.9. The molecule has 2 heterocycles. The average Bonchev–Trinajstić information content (AvgIpc) is 3.40. The minimum atomic E-state index is -0.938. The maximum atomic E-state index is 14.2. The second-order valence-electron chi connectivity index (χ2n) is 10.5. The Morgan fingerprint density at radius 1 is 0.932 bits per heavy atom. The molecular formula is C35H29F2N5O2. The van der Waals surface area contributed by atoms with Crippen molar-refractivity contribution in [3.63, 3.8) is 0 Å². The first-order chi connectivity index (χ1) is 21.4. The molecule has 6 aromatic rings. The number of halogens is 2. The summed E-state index contributed by atoms with van der Waals surface area (Å²) in [5, 5.41) is 10.9. The number of hydrogen-bond acceptors (Lipinski definition) is 5. The highest BCUT2D eigenvalue weighted by Gasteiger charge is 2.19. The number of anilines is 1. The van der Waals surface area contributed by atoms with Crippen molar-refractivity contribution in [2.45, 2.75) is 19.4 Å². The molecule has 0 radical (unpaired) electrons. The summed E-state index contributed by atoms with van der Waals surface area (Å²) >= 11 is 0. The van der Waals surface area contributed by atoms with Crippen LogP contribution in [-0.4, -0.2) is 33.7 Å². The van der Waals surface area contributed by atoms with E-state index in [4.69, 9.17) is 15.5 Å². The quantitative estimate of drug-likeness (QED) is 0.167. The Morgan fingerprint density at radius 3 is 2.50 bits per heavy atom. The summed E-state index contributed by atoms with van der Waals surface area (Å²) < 4.78 is 34.6. The molecule has 4 aromatic carbocycles. The Kier molecular flexibility index (Phi) is 8.12. The lowest BCUT2D eigenvalue weighted by Gasteiger charge is -2.16. The van der Waals surface area contributed by atoms with Crippen molar-refractivity contribution in [3.8, 4) is 28.1 Å². The minimum Gasteiger partial charge on any atom is -0.490 e. The maximum absolute atomic E-state index is 14.2. The molecule has 0 saturated carbocycles. The second kappa shape index (κ2) is 12.4. The standard InChI is InChI=1S/C35H29F2N5O2/c1-21-28-17-23(13-14-32(28)42-41-21)29-18-27(44-20-25(38)15-22-7-3-2-4-8-22)19-39-34(29)24-9-5-10-26(16-24)40-35(43)33-30(36)11-6-12-31(33)37/h2-14,16-19,25H,15,20,38H2,1H3,(H,40,43)(H,41,42)/t25-/m0/s1. The summed E-state index contributed by atoms with van der Waals surface area (Å²) in [6, 6.07) is 27.9. The first kappa shape index (κ1) is 28.7. The summed E-state index contributed by atoms with van der Waals surface area (Å²) in [5.74, 6) is -2.21. The SMILES string of the molecule is Cc1[nH]nc2ccc(-c3cc(OC[C@@H](N)Cc4ccccc4)cnc3-c3cccc(NC(=O)c4c(F)cccc4F)c3)cc12. The largest absolute Gasteiger partial charge is 0.490 e. The Hall–Kier alpha value is -5.41. The number of rotatable bonds is 9. The van der Waals surface area contributed by atoms with Crippen LogP contribution in [0.5, 0.6) is 5.75 Å². The molecule has 0 saturated heterocycles. The molecule has 44 heavy (non-hydrogen) atoms. The molecule has 1 atom stereocenters. The number of H-pyrrole nitrogens is 1. The topological polar surface area (TPSA) is 106 Å². The van der Waals surface area contributed by atoms with Crippen LogP contribution in [0.25, 0.3) is 33.3 Å². The van der Waals surface area contributed by atoms with E-state index in [0.717, 1.165) is 45.4 Å². The highest BCUT2D eigenvalue weighted by atomic mass is 19.1. The molecule has 0 fully saturated rings. The molecule has 0 spiro atoms. The zero-order chi connectivity index (χ0) is 30.6. The van der Waals surface area contributed by atoms with E-state index in [2.05, 4.69) is 15.5 Å². The Bertz CT molecular complexity index is 1940. The first-order valence-corrected chi connectivity index (χ1v) is 14.1. The van der Waals surface area contributed by atoms with E-state index in [-0.39, 0.29) is 6.04 Å². The number of aromatic nitrogens is 3. The number of ether oxygens (including phenoxy) is 1. The number of nitrogens with one attached hydrogen (secondary N) is 2. The lowest BCUT2D eigenvalue weighted by atomic mass is 9.97. The molecule has 6 rings (SSSR count). The smallest absolute Gasteiger partial charge is 0.261 e.